The SMILES string of the molecule is Nc1ccc(-c2nnc(Cc3cccc(C(=O)Nc4nc5c(s4)C[C@@H](N4CCOCC4)CC5)c3)s2)cc1. The molecule has 4 aromatic rings. The average molecular weight is 533 g/mol. The van der Waals surface area contributed by atoms with Crippen LogP contribution >= 0.6 is 22.7 Å². The molecule has 2 aliphatic rings. The van der Waals surface area contributed by atoms with Crippen LogP contribution in [0.4, 0.5) is 10.8 Å². The van der Waals surface area contributed by atoms with E-state index in [1.54, 1.807) is 22.7 Å². The van der Waals surface area contributed by atoms with Gasteiger partial charge in [-0.3, -0.25) is 15.0 Å². The summed E-state index contributed by atoms with van der Waals surface area (Å²) in [6.07, 6.45) is 3.68. The largest absolute Gasteiger partial charge is 0.399 e. The van der Waals surface area contributed by atoms with Crippen LogP contribution in [0.2, 0.25) is 0 Å². The molecule has 2 aromatic heterocycles. The second kappa shape index (κ2) is 10.7. The minimum atomic E-state index is -0.141. The predicted octanol–water partition coefficient (Wildman–Crippen LogP) is 4.28. The summed E-state index contributed by atoms with van der Waals surface area (Å²) in [5.41, 5.74) is 10.3. The molecule has 3 N–H and O–H groups in total. The number of anilines is 2. The fourth-order valence-electron chi connectivity index (χ4n) is 4.90. The van der Waals surface area contributed by atoms with Crippen molar-refractivity contribution in [1.82, 2.24) is 20.1 Å². The number of carbonyl (C=O) groups is 1. The highest BCUT2D eigenvalue weighted by atomic mass is 32.1. The van der Waals surface area contributed by atoms with Gasteiger partial charge in [0.25, 0.3) is 5.91 Å². The van der Waals surface area contributed by atoms with Crippen LogP contribution in [0.5, 0.6) is 0 Å². The van der Waals surface area contributed by atoms with E-state index in [2.05, 4.69) is 20.4 Å². The molecule has 6 rings (SSSR count). The number of aromatic nitrogens is 3. The Kier molecular flexibility index (Phi) is 6.97. The second-order valence-electron chi connectivity index (χ2n) is 9.39. The number of thiazole rings is 1. The van der Waals surface area contributed by atoms with E-state index in [1.165, 1.54) is 4.88 Å². The van der Waals surface area contributed by atoms with Crippen LogP contribution < -0.4 is 11.1 Å². The standard InChI is InChI=1S/C27H28N6O2S2/c28-20-6-4-18(5-7-20)26-32-31-24(37-26)15-17-2-1-3-19(14-17)25(34)30-27-29-22-9-8-21(16-23(22)36-27)33-10-12-35-13-11-33/h1-7,14,21H,8-13,15-16,28H2,(H,29,30,34)/t21-/m0/s1. The highest BCUT2D eigenvalue weighted by Crippen LogP contribution is 2.32. The molecule has 1 fully saturated rings. The summed E-state index contributed by atoms with van der Waals surface area (Å²) in [6, 6.07) is 15.8. The Morgan fingerprint density at radius 2 is 1.95 bits per heavy atom. The first kappa shape index (κ1) is 24.2. The lowest BCUT2D eigenvalue weighted by atomic mass is 9.96. The smallest absolute Gasteiger partial charge is 0.257 e. The normalized spacial score (nSPS) is 17.9. The topological polar surface area (TPSA) is 106 Å². The number of benzene rings is 2. The second-order valence-corrected chi connectivity index (χ2v) is 11.5. The lowest BCUT2D eigenvalue weighted by Crippen LogP contribution is -2.45. The zero-order valence-electron chi connectivity index (χ0n) is 20.4. The molecule has 0 spiro atoms. The van der Waals surface area contributed by atoms with E-state index in [4.69, 9.17) is 15.5 Å². The average Bonchev–Trinajstić information content (AvgIpc) is 3.56. The van der Waals surface area contributed by atoms with Crippen molar-refractivity contribution < 1.29 is 9.53 Å². The minimum Gasteiger partial charge on any atom is -0.399 e. The van der Waals surface area contributed by atoms with Gasteiger partial charge in [0.1, 0.15) is 10.0 Å². The number of nitrogens with zero attached hydrogens (tertiary/aromatic N) is 4. The summed E-state index contributed by atoms with van der Waals surface area (Å²) in [5.74, 6) is -0.141. The van der Waals surface area contributed by atoms with Crippen LogP contribution in [0.1, 0.15) is 37.9 Å². The Labute approximate surface area is 223 Å². The molecule has 8 nitrogen and oxygen atoms in total. The van der Waals surface area contributed by atoms with Crippen LogP contribution in [0.3, 0.4) is 0 Å². The van der Waals surface area contributed by atoms with Gasteiger partial charge < -0.3 is 10.5 Å². The number of hydrogen-bond acceptors (Lipinski definition) is 9. The maximum atomic E-state index is 13.1. The molecule has 0 radical (unpaired) electrons. The number of hydrogen-bond donors (Lipinski definition) is 2. The fraction of sp³-hybridized carbons (Fsp3) is 0.333. The molecule has 3 heterocycles. The van der Waals surface area contributed by atoms with E-state index < -0.39 is 0 Å². The zero-order chi connectivity index (χ0) is 25.2. The van der Waals surface area contributed by atoms with Crippen LogP contribution in [0, 0.1) is 0 Å². The third kappa shape index (κ3) is 5.57. The molecule has 37 heavy (non-hydrogen) atoms. The van der Waals surface area contributed by atoms with Crippen LogP contribution in [-0.4, -0.2) is 58.3 Å². The molecule has 0 bridgehead atoms. The number of amides is 1. The van der Waals surface area contributed by atoms with Crippen LogP contribution in [0.15, 0.2) is 48.5 Å². The molecular formula is C27H28N6O2S2. The van der Waals surface area contributed by atoms with Crippen LogP contribution in [-0.2, 0) is 24.0 Å². The highest BCUT2D eigenvalue weighted by molar-refractivity contribution is 7.16. The summed E-state index contributed by atoms with van der Waals surface area (Å²) >= 11 is 3.16. The number of ether oxygens (including phenoxy) is 1. The predicted molar refractivity (Wildman–Crippen MR) is 147 cm³/mol. The van der Waals surface area contributed by atoms with Gasteiger partial charge in [-0.25, -0.2) is 4.98 Å². The monoisotopic (exact) mass is 532 g/mol. The van der Waals surface area contributed by atoms with Gasteiger partial charge >= 0.3 is 0 Å². The number of rotatable bonds is 6. The number of nitrogen functional groups attached to an aromatic ring is 1. The van der Waals surface area contributed by atoms with Gasteiger partial charge in [-0.15, -0.1) is 21.5 Å². The third-order valence-corrected chi connectivity index (χ3v) is 8.87. The van der Waals surface area contributed by atoms with Gasteiger partial charge in [0.15, 0.2) is 5.13 Å². The first-order valence-electron chi connectivity index (χ1n) is 12.5. The summed E-state index contributed by atoms with van der Waals surface area (Å²) in [7, 11) is 0. The molecule has 1 atom stereocenters. The number of morpholine rings is 1. The molecule has 0 unspecified atom stereocenters. The molecule has 1 aliphatic carbocycles. The fourth-order valence-corrected chi connectivity index (χ4v) is 6.85. The summed E-state index contributed by atoms with van der Waals surface area (Å²) in [4.78, 5) is 21.6. The zero-order valence-corrected chi connectivity index (χ0v) is 22.0. The molecule has 190 valence electrons. The van der Waals surface area contributed by atoms with Crippen molar-refractivity contribution in [2.45, 2.75) is 31.7 Å². The maximum absolute atomic E-state index is 13.1. The van der Waals surface area contributed by atoms with Crippen molar-refractivity contribution in [3.8, 4) is 10.6 Å². The lowest BCUT2D eigenvalue weighted by molar-refractivity contribution is 0.0139. The Hall–Kier alpha value is -3.18. The van der Waals surface area contributed by atoms with Crippen molar-refractivity contribution in [2.75, 3.05) is 37.4 Å². The molecule has 1 amide bonds. The van der Waals surface area contributed by atoms with Crippen molar-refractivity contribution in [3.63, 3.8) is 0 Å². The van der Waals surface area contributed by atoms with Gasteiger partial charge in [-0.05, 0) is 61.2 Å². The molecule has 10 heteroatoms. The maximum Gasteiger partial charge on any atom is 0.257 e. The summed E-state index contributed by atoms with van der Waals surface area (Å²) in [6.45, 7) is 3.63. The number of aryl methyl sites for hydroxylation is 1. The molecule has 1 aliphatic heterocycles. The number of nitrogens with two attached hydrogens (primary N) is 1. The van der Waals surface area contributed by atoms with Gasteiger partial charge in [0.05, 0.1) is 18.9 Å². The summed E-state index contributed by atoms with van der Waals surface area (Å²) < 4.78 is 5.51. The van der Waals surface area contributed by atoms with E-state index >= 15 is 0 Å². The van der Waals surface area contributed by atoms with E-state index in [9.17, 15) is 4.79 Å². The third-order valence-electron chi connectivity index (χ3n) is 6.87. The van der Waals surface area contributed by atoms with Crippen molar-refractivity contribution in [2.24, 2.45) is 0 Å². The molecule has 2 aromatic carbocycles. The van der Waals surface area contributed by atoms with Crippen molar-refractivity contribution >= 4 is 39.4 Å². The van der Waals surface area contributed by atoms with E-state index in [1.807, 2.05) is 48.5 Å². The number of carbonyl (C=O) groups excluding carboxylic acids is 1. The Morgan fingerprint density at radius 3 is 2.78 bits per heavy atom. The lowest BCUT2D eigenvalue weighted by Gasteiger charge is -2.36. The highest BCUT2D eigenvalue weighted by Gasteiger charge is 2.28. The molecular weight excluding hydrogens is 504 g/mol. The Morgan fingerprint density at radius 1 is 1.11 bits per heavy atom. The summed E-state index contributed by atoms with van der Waals surface area (Å²) in [5, 5.41) is 14.1. The van der Waals surface area contributed by atoms with Crippen LogP contribution in [0.25, 0.3) is 10.6 Å². The molecule has 0 saturated carbocycles. The van der Waals surface area contributed by atoms with E-state index in [0.717, 1.165) is 78.1 Å². The minimum absolute atomic E-state index is 0.141. The van der Waals surface area contributed by atoms with Gasteiger partial charge in [-0.2, -0.15) is 0 Å². The van der Waals surface area contributed by atoms with Gasteiger partial charge in [-0.1, -0.05) is 23.5 Å². The van der Waals surface area contributed by atoms with Gasteiger partial charge in [0, 0.05) is 47.2 Å². The quantitative estimate of drug-likeness (QED) is 0.357. The first-order chi connectivity index (χ1) is 18.1. The first-order valence-corrected chi connectivity index (χ1v) is 14.1. The Bertz CT molecular complexity index is 1390. The Balaban J connectivity index is 1.10. The van der Waals surface area contributed by atoms with E-state index in [0.29, 0.717) is 23.2 Å². The van der Waals surface area contributed by atoms with E-state index in [-0.39, 0.29) is 5.91 Å². The molecule has 1 saturated heterocycles. The number of nitrogens with one attached hydrogen (secondary N) is 1. The van der Waals surface area contributed by atoms with Crippen molar-refractivity contribution in [3.05, 3.63) is 75.2 Å². The number of fused-ring (bicyclic) bond motifs is 1. The van der Waals surface area contributed by atoms with Gasteiger partial charge in [0.2, 0.25) is 0 Å². The van der Waals surface area contributed by atoms with Crippen molar-refractivity contribution in [1.29, 1.82) is 0 Å².